The summed E-state index contributed by atoms with van der Waals surface area (Å²) < 4.78 is 5.47. The first-order valence-corrected chi connectivity index (χ1v) is 12.4. The van der Waals surface area contributed by atoms with Crippen molar-refractivity contribution in [3.63, 3.8) is 0 Å². The van der Waals surface area contributed by atoms with Crippen LogP contribution in [0.15, 0.2) is 35.3 Å². The van der Waals surface area contributed by atoms with E-state index in [-0.39, 0.29) is 0 Å². The molecule has 6 heteroatoms. The van der Waals surface area contributed by atoms with Gasteiger partial charge in [-0.15, -0.1) is 0 Å². The minimum atomic E-state index is 0.525. The molecule has 3 saturated heterocycles. The molecule has 1 aromatic rings. The number of hydrogen-bond donors (Lipinski definition) is 2. The maximum atomic E-state index is 5.47. The molecule has 2 bridgehead atoms. The van der Waals surface area contributed by atoms with E-state index in [1.165, 1.54) is 31.2 Å². The van der Waals surface area contributed by atoms with Crippen molar-refractivity contribution < 1.29 is 4.74 Å². The van der Waals surface area contributed by atoms with E-state index in [1.807, 2.05) is 0 Å². The van der Waals surface area contributed by atoms with Gasteiger partial charge in [-0.05, 0) is 44.1 Å². The number of hydrogen-bond acceptors (Lipinski definition) is 4. The van der Waals surface area contributed by atoms with E-state index in [1.54, 1.807) is 0 Å². The van der Waals surface area contributed by atoms with Gasteiger partial charge in [-0.3, -0.25) is 14.8 Å². The van der Waals surface area contributed by atoms with Gasteiger partial charge in [-0.1, -0.05) is 37.3 Å². The quantitative estimate of drug-likeness (QED) is 0.494. The van der Waals surface area contributed by atoms with E-state index in [4.69, 9.17) is 9.73 Å². The van der Waals surface area contributed by atoms with Crippen molar-refractivity contribution >= 4 is 5.96 Å². The van der Waals surface area contributed by atoms with Gasteiger partial charge in [-0.2, -0.15) is 0 Å². The number of ether oxygens (including phenoxy) is 1. The van der Waals surface area contributed by atoms with E-state index >= 15 is 0 Å². The first-order chi connectivity index (χ1) is 15.2. The molecule has 1 aromatic carbocycles. The normalized spacial score (nSPS) is 28.5. The van der Waals surface area contributed by atoms with Gasteiger partial charge in [0.25, 0.3) is 0 Å². The van der Waals surface area contributed by atoms with Crippen LogP contribution in [0.2, 0.25) is 0 Å². The van der Waals surface area contributed by atoms with Crippen LogP contribution in [-0.2, 0) is 11.3 Å². The summed E-state index contributed by atoms with van der Waals surface area (Å²) in [5.41, 5.74) is 1.44. The molecule has 0 radical (unpaired) electrons. The smallest absolute Gasteiger partial charge is 0.191 e. The Kier molecular flexibility index (Phi) is 8.22. The number of nitrogens with zero attached hydrogens (tertiary/aromatic N) is 3. The Morgan fingerprint density at radius 3 is 2.52 bits per heavy atom. The fourth-order valence-electron chi connectivity index (χ4n) is 5.49. The van der Waals surface area contributed by atoms with Crippen molar-refractivity contribution in [1.82, 2.24) is 20.4 Å². The lowest BCUT2D eigenvalue weighted by molar-refractivity contribution is 0.0323. The van der Waals surface area contributed by atoms with Crippen molar-refractivity contribution in [3.8, 4) is 0 Å². The van der Waals surface area contributed by atoms with Crippen LogP contribution >= 0.6 is 0 Å². The summed E-state index contributed by atoms with van der Waals surface area (Å²) >= 11 is 0. The number of rotatable bonds is 8. The molecule has 6 nitrogen and oxygen atoms in total. The van der Waals surface area contributed by atoms with Gasteiger partial charge in [0.2, 0.25) is 0 Å². The van der Waals surface area contributed by atoms with E-state index in [9.17, 15) is 0 Å². The lowest BCUT2D eigenvalue weighted by atomic mass is 9.96. The van der Waals surface area contributed by atoms with E-state index in [0.29, 0.717) is 24.0 Å². The monoisotopic (exact) mass is 427 g/mol. The van der Waals surface area contributed by atoms with Crippen LogP contribution in [0.4, 0.5) is 0 Å². The molecule has 31 heavy (non-hydrogen) atoms. The Morgan fingerprint density at radius 2 is 1.84 bits per heavy atom. The zero-order valence-electron chi connectivity index (χ0n) is 19.4. The minimum absolute atomic E-state index is 0.525. The van der Waals surface area contributed by atoms with Crippen LogP contribution in [0, 0.1) is 5.92 Å². The van der Waals surface area contributed by atoms with Crippen LogP contribution in [0.1, 0.15) is 45.1 Å². The Balaban J connectivity index is 1.28. The molecule has 2 N–H and O–H groups in total. The molecule has 3 aliphatic rings. The van der Waals surface area contributed by atoms with Crippen LogP contribution < -0.4 is 10.6 Å². The Hall–Kier alpha value is -1.63. The summed E-state index contributed by atoms with van der Waals surface area (Å²) in [6.45, 7) is 12.3. The molecular formula is C25H41N5O. The minimum Gasteiger partial charge on any atom is -0.379 e. The third-order valence-electron chi connectivity index (χ3n) is 7.01. The van der Waals surface area contributed by atoms with Crippen LogP contribution in [-0.4, -0.2) is 79.8 Å². The number of benzene rings is 1. The second-order valence-corrected chi connectivity index (χ2v) is 9.59. The predicted octanol–water partition coefficient (Wildman–Crippen LogP) is 2.71. The molecule has 3 heterocycles. The van der Waals surface area contributed by atoms with Crippen molar-refractivity contribution in [2.75, 3.05) is 45.9 Å². The first-order valence-electron chi connectivity index (χ1n) is 12.4. The molecule has 3 fully saturated rings. The fraction of sp³-hybridized carbons (Fsp3) is 0.720. The standard InChI is InChI=1S/C25H41N5O/c1-3-26-25(27-17-20(2)18-29-11-13-31-14-12-29)28-22-15-23-9-10-24(16-22)30(23)19-21-7-5-4-6-8-21/h4-8,20,22-24H,3,9-19H2,1-2H3,(H2,26,27,28). The van der Waals surface area contributed by atoms with Gasteiger partial charge >= 0.3 is 0 Å². The second-order valence-electron chi connectivity index (χ2n) is 9.59. The summed E-state index contributed by atoms with van der Waals surface area (Å²) in [4.78, 5) is 10.2. The molecular weight excluding hydrogens is 386 g/mol. The summed E-state index contributed by atoms with van der Waals surface area (Å²) in [5, 5.41) is 7.26. The van der Waals surface area contributed by atoms with Gasteiger partial charge in [0, 0.05) is 57.4 Å². The van der Waals surface area contributed by atoms with Gasteiger partial charge < -0.3 is 15.4 Å². The maximum absolute atomic E-state index is 5.47. The van der Waals surface area contributed by atoms with Crippen LogP contribution in [0.3, 0.4) is 0 Å². The average Bonchev–Trinajstić information content (AvgIpc) is 3.01. The number of fused-ring (bicyclic) bond motifs is 2. The molecule has 0 aromatic heterocycles. The number of piperidine rings is 1. The SMILES string of the molecule is CCNC(=NCC(C)CN1CCOCC1)NC1CC2CCC(C1)N2Cc1ccccc1. The van der Waals surface area contributed by atoms with Crippen LogP contribution in [0.25, 0.3) is 0 Å². The van der Waals surface area contributed by atoms with E-state index < -0.39 is 0 Å². The summed E-state index contributed by atoms with van der Waals surface area (Å²) in [5.74, 6) is 1.55. The highest BCUT2D eigenvalue weighted by molar-refractivity contribution is 5.80. The van der Waals surface area contributed by atoms with Crippen molar-refractivity contribution in [3.05, 3.63) is 35.9 Å². The summed E-state index contributed by atoms with van der Waals surface area (Å²) in [6, 6.07) is 12.9. The van der Waals surface area contributed by atoms with E-state index in [0.717, 1.165) is 58.4 Å². The molecule has 0 spiro atoms. The van der Waals surface area contributed by atoms with Crippen molar-refractivity contribution in [2.45, 2.75) is 64.2 Å². The lowest BCUT2D eigenvalue weighted by Gasteiger charge is -2.39. The molecule has 0 aliphatic carbocycles. The van der Waals surface area contributed by atoms with Crippen molar-refractivity contribution in [2.24, 2.45) is 10.9 Å². The molecule has 3 unspecified atom stereocenters. The Morgan fingerprint density at radius 1 is 1.13 bits per heavy atom. The third-order valence-corrected chi connectivity index (χ3v) is 7.01. The first kappa shape index (κ1) is 22.6. The Bertz CT molecular complexity index is 676. The molecule has 0 saturated carbocycles. The van der Waals surface area contributed by atoms with Gasteiger partial charge in [0.1, 0.15) is 0 Å². The molecule has 172 valence electrons. The van der Waals surface area contributed by atoms with Gasteiger partial charge in [0.05, 0.1) is 13.2 Å². The predicted molar refractivity (Wildman–Crippen MR) is 127 cm³/mol. The average molecular weight is 428 g/mol. The Labute approximate surface area is 188 Å². The van der Waals surface area contributed by atoms with E-state index in [2.05, 4.69) is 64.6 Å². The third kappa shape index (κ3) is 6.43. The fourth-order valence-corrected chi connectivity index (χ4v) is 5.49. The number of guanidine groups is 1. The lowest BCUT2D eigenvalue weighted by Crippen LogP contribution is -2.52. The number of nitrogens with one attached hydrogen (secondary N) is 2. The van der Waals surface area contributed by atoms with Gasteiger partial charge in [0.15, 0.2) is 5.96 Å². The summed E-state index contributed by atoms with van der Waals surface area (Å²) in [7, 11) is 0. The molecule has 3 aliphatic heterocycles. The zero-order valence-corrected chi connectivity index (χ0v) is 19.4. The highest BCUT2D eigenvalue weighted by Gasteiger charge is 2.40. The molecule has 3 atom stereocenters. The molecule has 0 amide bonds. The second kappa shape index (κ2) is 11.3. The van der Waals surface area contributed by atoms with Crippen molar-refractivity contribution in [1.29, 1.82) is 0 Å². The van der Waals surface area contributed by atoms with Crippen LogP contribution in [0.5, 0.6) is 0 Å². The maximum Gasteiger partial charge on any atom is 0.191 e. The summed E-state index contributed by atoms with van der Waals surface area (Å²) in [6.07, 6.45) is 5.11. The van der Waals surface area contributed by atoms with Gasteiger partial charge in [-0.25, -0.2) is 0 Å². The highest BCUT2D eigenvalue weighted by Crippen LogP contribution is 2.36. The highest BCUT2D eigenvalue weighted by atomic mass is 16.5. The topological polar surface area (TPSA) is 52.1 Å². The molecule has 4 rings (SSSR count). The number of aliphatic imine (C=N–C) groups is 1. The largest absolute Gasteiger partial charge is 0.379 e. The number of morpholine rings is 1. The zero-order chi connectivity index (χ0) is 21.5.